The van der Waals surface area contributed by atoms with Crippen LogP contribution in [0.4, 0.5) is 0 Å². The van der Waals surface area contributed by atoms with Crippen molar-refractivity contribution in [2.45, 2.75) is 30.7 Å². The van der Waals surface area contributed by atoms with Gasteiger partial charge in [-0.15, -0.1) is 0 Å². The molecule has 0 unspecified atom stereocenters. The molecule has 0 bridgehead atoms. The van der Waals surface area contributed by atoms with E-state index in [1.54, 1.807) is 25.1 Å². The lowest BCUT2D eigenvalue weighted by Gasteiger charge is -2.23. The number of aliphatic hydroxyl groups excluding tert-OH is 1. The molecule has 0 saturated carbocycles. The zero-order valence-electron chi connectivity index (χ0n) is 9.83. The van der Waals surface area contributed by atoms with Crippen LogP contribution in [0.3, 0.4) is 0 Å². The van der Waals surface area contributed by atoms with Gasteiger partial charge in [0.2, 0.25) is 10.0 Å². The summed E-state index contributed by atoms with van der Waals surface area (Å²) in [5.74, 6) is 0. The second kappa shape index (κ2) is 4.76. The van der Waals surface area contributed by atoms with Crippen molar-refractivity contribution in [2.75, 3.05) is 13.2 Å². The SMILES string of the molecule is Cc1ccccc1S(=O)(=O)N1CCC[C@H]1CO. The fourth-order valence-corrected chi connectivity index (χ4v) is 4.19. The number of aliphatic hydroxyl groups is 1. The molecule has 1 fully saturated rings. The van der Waals surface area contributed by atoms with Crippen LogP contribution in [-0.2, 0) is 10.0 Å². The summed E-state index contributed by atoms with van der Waals surface area (Å²) in [7, 11) is -3.46. The van der Waals surface area contributed by atoms with Crippen molar-refractivity contribution < 1.29 is 13.5 Å². The lowest BCUT2D eigenvalue weighted by atomic mass is 10.2. The van der Waals surface area contributed by atoms with Crippen molar-refractivity contribution in [3.63, 3.8) is 0 Å². The first-order valence-corrected chi connectivity index (χ1v) is 7.19. The first-order valence-electron chi connectivity index (χ1n) is 5.75. The molecule has 1 aliphatic rings. The molecule has 0 spiro atoms. The van der Waals surface area contributed by atoms with Gasteiger partial charge in [0.25, 0.3) is 0 Å². The molecule has 94 valence electrons. The van der Waals surface area contributed by atoms with E-state index < -0.39 is 10.0 Å². The smallest absolute Gasteiger partial charge is 0.243 e. The Morgan fingerprint density at radius 2 is 2.12 bits per heavy atom. The quantitative estimate of drug-likeness (QED) is 0.881. The number of nitrogens with zero attached hydrogens (tertiary/aromatic N) is 1. The van der Waals surface area contributed by atoms with Gasteiger partial charge < -0.3 is 5.11 Å². The van der Waals surface area contributed by atoms with Crippen LogP contribution in [0.15, 0.2) is 29.2 Å². The van der Waals surface area contributed by atoms with Crippen molar-refractivity contribution in [3.05, 3.63) is 29.8 Å². The predicted molar refractivity (Wildman–Crippen MR) is 65.2 cm³/mol. The van der Waals surface area contributed by atoms with Crippen LogP contribution in [0, 0.1) is 6.92 Å². The van der Waals surface area contributed by atoms with E-state index in [-0.39, 0.29) is 12.6 Å². The van der Waals surface area contributed by atoms with Gasteiger partial charge in [-0.05, 0) is 31.4 Å². The highest BCUT2D eigenvalue weighted by molar-refractivity contribution is 7.89. The molecule has 1 aromatic rings. The van der Waals surface area contributed by atoms with E-state index in [0.29, 0.717) is 11.4 Å². The highest BCUT2D eigenvalue weighted by Gasteiger charge is 2.35. The minimum absolute atomic E-state index is 0.106. The van der Waals surface area contributed by atoms with Crippen molar-refractivity contribution in [1.82, 2.24) is 4.31 Å². The largest absolute Gasteiger partial charge is 0.395 e. The van der Waals surface area contributed by atoms with Crippen LogP contribution < -0.4 is 0 Å². The molecule has 1 atom stereocenters. The topological polar surface area (TPSA) is 57.6 Å². The number of hydrogen-bond acceptors (Lipinski definition) is 3. The van der Waals surface area contributed by atoms with Gasteiger partial charge in [-0.3, -0.25) is 0 Å². The standard InChI is InChI=1S/C12H17NO3S/c1-10-5-2-3-7-12(10)17(15,16)13-8-4-6-11(13)9-14/h2-3,5,7,11,14H,4,6,8-9H2,1H3/t11-/m0/s1. The maximum atomic E-state index is 12.4. The molecule has 2 rings (SSSR count). The molecule has 0 aliphatic carbocycles. The molecule has 1 aromatic carbocycles. The van der Waals surface area contributed by atoms with Gasteiger partial charge in [-0.2, -0.15) is 4.31 Å². The zero-order chi connectivity index (χ0) is 12.5. The number of sulfonamides is 1. The first kappa shape index (κ1) is 12.5. The molecule has 5 heteroatoms. The zero-order valence-corrected chi connectivity index (χ0v) is 10.7. The van der Waals surface area contributed by atoms with E-state index in [0.717, 1.165) is 18.4 Å². The van der Waals surface area contributed by atoms with Crippen LogP contribution >= 0.6 is 0 Å². The third-order valence-corrected chi connectivity index (χ3v) is 5.33. The van der Waals surface area contributed by atoms with Gasteiger partial charge in [-0.25, -0.2) is 8.42 Å². The summed E-state index contributed by atoms with van der Waals surface area (Å²) in [6.07, 6.45) is 1.55. The highest BCUT2D eigenvalue weighted by atomic mass is 32.2. The van der Waals surface area contributed by atoms with Crippen molar-refractivity contribution in [2.24, 2.45) is 0 Å². The second-order valence-corrected chi connectivity index (χ2v) is 6.22. The molecule has 0 radical (unpaired) electrons. The Morgan fingerprint density at radius 3 is 2.76 bits per heavy atom. The summed E-state index contributed by atoms with van der Waals surface area (Å²) in [5, 5.41) is 9.21. The summed E-state index contributed by atoms with van der Waals surface area (Å²) in [6.45, 7) is 2.18. The normalized spacial score (nSPS) is 21.9. The van der Waals surface area contributed by atoms with E-state index in [1.165, 1.54) is 4.31 Å². The molecule has 1 heterocycles. The molecular formula is C12H17NO3S. The Labute approximate surface area is 102 Å². The number of aryl methyl sites for hydroxylation is 1. The number of rotatable bonds is 3. The van der Waals surface area contributed by atoms with E-state index >= 15 is 0 Å². The number of benzene rings is 1. The fourth-order valence-electron chi connectivity index (χ4n) is 2.28. The maximum absolute atomic E-state index is 12.4. The molecule has 0 amide bonds. The molecule has 0 aromatic heterocycles. The first-order chi connectivity index (χ1) is 8.07. The summed E-state index contributed by atoms with van der Waals surface area (Å²) >= 11 is 0. The summed E-state index contributed by atoms with van der Waals surface area (Å²) in [6, 6.07) is 6.69. The molecule has 4 nitrogen and oxygen atoms in total. The minimum Gasteiger partial charge on any atom is -0.395 e. The minimum atomic E-state index is -3.46. The summed E-state index contributed by atoms with van der Waals surface area (Å²) in [4.78, 5) is 0.348. The molecule has 1 aliphatic heterocycles. The third-order valence-electron chi connectivity index (χ3n) is 3.21. The average molecular weight is 255 g/mol. The lowest BCUT2D eigenvalue weighted by molar-refractivity contribution is 0.213. The Bertz CT molecular complexity index is 498. The van der Waals surface area contributed by atoms with Gasteiger partial charge >= 0.3 is 0 Å². The third kappa shape index (κ3) is 2.22. The predicted octanol–water partition coefficient (Wildman–Crippen LogP) is 1.14. The summed E-state index contributed by atoms with van der Waals surface area (Å²) < 4.78 is 26.3. The van der Waals surface area contributed by atoms with Crippen molar-refractivity contribution in [1.29, 1.82) is 0 Å². The van der Waals surface area contributed by atoms with Crippen LogP contribution in [0.25, 0.3) is 0 Å². The van der Waals surface area contributed by atoms with Crippen LogP contribution in [0.2, 0.25) is 0 Å². The van der Waals surface area contributed by atoms with Gasteiger partial charge in [0.1, 0.15) is 0 Å². The van der Waals surface area contributed by atoms with Crippen LogP contribution in [0.1, 0.15) is 18.4 Å². The Balaban J connectivity index is 2.40. The maximum Gasteiger partial charge on any atom is 0.243 e. The van der Waals surface area contributed by atoms with Gasteiger partial charge in [0.15, 0.2) is 0 Å². The van der Waals surface area contributed by atoms with E-state index in [4.69, 9.17) is 0 Å². The van der Waals surface area contributed by atoms with Crippen molar-refractivity contribution in [3.8, 4) is 0 Å². The Morgan fingerprint density at radius 1 is 1.41 bits per heavy atom. The summed E-state index contributed by atoms with van der Waals surface area (Å²) in [5.41, 5.74) is 0.746. The average Bonchev–Trinajstić information content (AvgIpc) is 2.78. The second-order valence-electron chi connectivity index (χ2n) is 4.36. The van der Waals surface area contributed by atoms with E-state index in [2.05, 4.69) is 0 Å². The van der Waals surface area contributed by atoms with Gasteiger partial charge in [0, 0.05) is 12.6 Å². The molecule has 17 heavy (non-hydrogen) atoms. The Hall–Kier alpha value is -0.910. The lowest BCUT2D eigenvalue weighted by Crippen LogP contribution is -2.37. The molecular weight excluding hydrogens is 238 g/mol. The van der Waals surface area contributed by atoms with E-state index in [1.807, 2.05) is 6.07 Å². The highest BCUT2D eigenvalue weighted by Crippen LogP contribution is 2.27. The van der Waals surface area contributed by atoms with Gasteiger partial charge in [-0.1, -0.05) is 18.2 Å². The van der Waals surface area contributed by atoms with Crippen molar-refractivity contribution >= 4 is 10.0 Å². The number of hydrogen-bond donors (Lipinski definition) is 1. The fraction of sp³-hybridized carbons (Fsp3) is 0.500. The van der Waals surface area contributed by atoms with Crippen LogP contribution in [0.5, 0.6) is 0 Å². The molecule has 1 N–H and O–H groups in total. The van der Waals surface area contributed by atoms with Gasteiger partial charge in [0.05, 0.1) is 11.5 Å². The van der Waals surface area contributed by atoms with E-state index in [9.17, 15) is 13.5 Å². The van der Waals surface area contributed by atoms with Crippen LogP contribution in [-0.4, -0.2) is 37.0 Å². The Kier molecular flexibility index (Phi) is 3.51. The monoisotopic (exact) mass is 255 g/mol. The molecule has 1 saturated heterocycles.